The first kappa shape index (κ1) is 28.9. The van der Waals surface area contributed by atoms with Crippen molar-refractivity contribution in [3.63, 3.8) is 0 Å². The summed E-state index contributed by atoms with van der Waals surface area (Å²) in [7, 11) is 0. The molecule has 0 spiro atoms. The second-order valence-electron chi connectivity index (χ2n) is 8.52. The van der Waals surface area contributed by atoms with Gasteiger partial charge in [0, 0.05) is 13.0 Å². The monoisotopic (exact) mass is 530 g/mol. The molecule has 7 N–H and O–H groups in total. The van der Waals surface area contributed by atoms with Crippen LogP contribution in [0.4, 0.5) is 0 Å². The highest BCUT2D eigenvalue weighted by Crippen LogP contribution is 2.38. The normalized spacial score (nSPS) is 36.0. The third-order valence-electron chi connectivity index (χ3n) is 5.86. The molecule has 206 valence electrons. The summed E-state index contributed by atoms with van der Waals surface area (Å²) < 4.78 is 26.5. The van der Waals surface area contributed by atoms with Crippen LogP contribution in [0.5, 0.6) is 5.75 Å². The van der Waals surface area contributed by atoms with Gasteiger partial charge in [0.25, 0.3) is 0 Å². The maximum absolute atomic E-state index is 12.5. The Morgan fingerprint density at radius 2 is 1.68 bits per heavy atom. The number of benzene rings is 1. The van der Waals surface area contributed by atoms with E-state index in [9.17, 15) is 45.3 Å². The molecular weight excluding hydrogens is 500 g/mol. The van der Waals surface area contributed by atoms with Gasteiger partial charge in [0.15, 0.2) is 12.4 Å². The van der Waals surface area contributed by atoms with Crippen LogP contribution in [0.1, 0.15) is 12.5 Å². The minimum atomic E-state index is -2.38. The van der Waals surface area contributed by atoms with Gasteiger partial charge in [0.2, 0.25) is 5.79 Å². The number of hydrogen-bond donors (Lipinski definition) is 7. The van der Waals surface area contributed by atoms with Gasteiger partial charge in [-0.3, -0.25) is 4.79 Å². The van der Waals surface area contributed by atoms with Crippen LogP contribution < -0.4 is 0 Å². The average molecular weight is 530 g/mol. The molecule has 9 atom stereocenters. The topological polar surface area (TPSA) is 222 Å². The Balaban J connectivity index is 1.80. The Bertz CT molecular complexity index is 951. The summed E-state index contributed by atoms with van der Waals surface area (Å²) in [5, 5.41) is 70.5. The largest absolute Gasteiger partial charge is 0.508 e. The molecule has 0 radical (unpaired) electrons. The molecule has 0 unspecified atom stereocenters. The molecule has 2 heterocycles. The molecule has 2 aliphatic heterocycles. The second-order valence-corrected chi connectivity index (χ2v) is 8.52. The Kier molecular flexibility index (Phi) is 9.57. The van der Waals surface area contributed by atoms with Crippen LogP contribution in [0.15, 0.2) is 30.3 Å². The van der Waals surface area contributed by atoms with Crippen molar-refractivity contribution in [2.45, 2.75) is 61.7 Å². The number of aromatic hydroxyl groups is 1. The average Bonchev–Trinajstić information content (AvgIpc) is 3.14. The van der Waals surface area contributed by atoms with Gasteiger partial charge < -0.3 is 59.4 Å². The van der Waals surface area contributed by atoms with E-state index in [1.54, 1.807) is 0 Å². The molecule has 37 heavy (non-hydrogen) atoms. The van der Waals surface area contributed by atoms with Crippen molar-refractivity contribution in [1.82, 2.24) is 0 Å². The van der Waals surface area contributed by atoms with Gasteiger partial charge in [0.05, 0.1) is 6.61 Å². The van der Waals surface area contributed by atoms with Crippen molar-refractivity contribution in [3.8, 4) is 5.75 Å². The van der Waals surface area contributed by atoms with E-state index in [-0.39, 0.29) is 5.75 Å². The van der Waals surface area contributed by atoms with Gasteiger partial charge in [-0.1, -0.05) is 12.1 Å². The maximum atomic E-state index is 12.5. The molecule has 0 aromatic heterocycles. The first-order chi connectivity index (χ1) is 17.5. The molecule has 2 fully saturated rings. The van der Waals surface area contributed by atoms with Crippen LogP contribution in [0.25, 0.3) is 6.08 Å². The van der Waals surface area contributed by atoms with E-state index >= 15 is 0 Å². The molecule has 2 aliphatic rings. The number of ether oxygens (including phenoxy) is 5. The molecule has 2 saturated heterocycles. The van der Waals surface area contributed by atoms with Gasteiger partial charge in [0.1, 0.15) is 55.6 Å². The molecule has 0 saturated carbocycles. The second kappa shape index (κ2) is 12.3. The van der Waals surface area contributed by atoms with Gasteiger partial charge in [-0.05, 0) is 23.8 Å². The quantitative estimate of drug-likeness (QED) is 0.126. The SMILES string of the molecule is CC(=O)OC[C@H]1O[C@H](O[C@]2(CO)O[C@H](CO)[C@@H](O)[C@@H]2OC(=O)/C=C/c2ccc(O)cc2)[C@H](O)[C@@H](O)[C@@H]1O. The van der Waals surface area contributed by atoms with Crippen molar-refractivity contribution in [2.75, 3.05) is 19.8 Å². The number of phenolic OH excluding ortho intramolecular Hbond substituents is 1. The smallest absolute Gasteiger partial charge is 0.331 e. The van der Waals surface area contributed by atoms with E-state index in [0.29, 0.717) is 5.56 Å². The Morgan fingerprint density at radius 1 is 1.00 bits per heavy atom. The van der Waals surface area contributed by atoms with Crippen LogP contribution >= 0.6 is 0 Å². The van der Waals surface area contributed by atoms with Crippen LogP contribution in [-0.4, -0.2) is 122 Å². The van der Waals surface area contributed by atoms with Crippen molar-refractivity contribution in [3.05, 3.63) is 35.9 Å². The van der Waals surface area contributed by atoms with E-state index < -0.39 is 86.6 Å². The minimum Gasteiger partial charge on any atom is -0.508 e. The number of rotatable bonds is 9. The first-order valence-electron chi connectivity index (χ1n) is 11.3. The fourth-order valence-electron chi connectivity index (χ4n) is 3.87. The molecular formula is C23H30O14. The van der Waals surface area contributed by atoms with Crippen LogP contribution in [0, 0.1) is 0 Å². The first-order valence-corrected chi connectivity index (χ1v) is 11.3. The van der Waals surface area contributed by atoms with E-state index in [1.165, 1.54) is 30.3 Å². The zero-order valence-electron chi connectivity index (χ0n) is 19.7. The Hall–Kier alpha value is -2.66. The minimum absolute atomic E-state index is 0.0192. The van der Waals surface area contributed by atoms with Crippen LogP contribution in [-0.2, 0) is 33.3 Å². The molecule has 14 nitrogen and oxygen atoms in total. The summed E-state index contributed by atoms with van der Waals surface area (Å²) in [6.45, 7) is -1.25. The lowest BCUT2D eigenvalue weighted by molar-refractivity contribution is -0.383. The van der Waals surface area contributed by atoms with Crippen LogP contribution in [0.2, 0.25) is 0 Å². The third-order valence-corrected chi connectivity index (χ3v) is 5.86. The highest BCUT2D eigenvalue weighted by Gasteiger charge is 2.60. The predicted molar refractivity (Wildman–Crippen MR) is 119 cm³/mol. The predicted octanol–water partition coefficient (Wildman–Crippen LogP) is -2.85. The summed E-state index contributed by atoms with van der Waals surface area (Å²) >= 11 is 0. The van der Waals surface area contributed by atoms with Crippen molar-refractivity contribution < 1.29 is 69.0 Å². The van der Waals surface area contributed by atoms with Gasteiger partial charge in [-0.2, -0.15) is 0 Å². The van der Waals surface area contributed by atoms with Crippen molar-refractivity contribution in [1.29, 1.82) is 0 Å². The van der Waals surface area contributed by atoms with E-state index in [4.69, 9.17) is 23.7 Å². The zero-order chi connectivity index (χ0) is 27.3. The fourth-order valence-corrected chi connectivity index (χ4v) is 3.87. The van der Waals surface area contributed by atoms with Crippen LogP contribution in [0.3, 0.4) is 0 Å². The highest BCUT2D eigenvalue weighted by atomic mass is 16.8. The molecule has 14 heteroatoms. The number of phenols is 1. The van der Waals surface area contributed by atoms with Crippen molar-refractivity contribution in [2.24, 2.45) is 0 Å². The summed E-state index contributed by atoms with van der Waals surface area (Å²) in [6.07, 6.45) is -11.1. The van der Waals surface area contributed by atoms with Gasteiger partial charge in [-0.25, -0.2) is 4.79 Å². The lowest BCUT2D eigenvalue weighted by Crippen LogP contribution is -2.63. The Labute approximate surface area is 210 Å². The van der Waals surface area contributed by atoms with E-state index in [1.807, 2.05) is 0 Å². The van der Waals surface area contributed by atoms with Gasteiger partial charge in [-0.15, -0.1) is 0 Å². The molecule has 0 amide bonds. The Morgan fingerprint density at radius 3 is 2.27 bits per heavy atom. The molecule has 1 aromatic rings. The molecule has 0 bridgehead atoms. The standard InChI is InChI=1S/C23H30O14/c1-11(26)33-9-15-17(29)19(31)20(32)22(34-15)37-23(10-25)21(18(30)14(8-24)36-23)35-16(28)7-4-12-2-5-13(27)6-3-12/h2-7,14-15,17-22,24-25,27,29-32H,8-10H2,1H3/b7-4+/t14-,15-,17-,18-,19+,20-,21+,22-,23+/m1/s1. The lowest BCUT2D eigenvalue weighted by atomic mass is 9.99. The number of carbonyl (C=O) groups excluding carboxylic acids is 2. The summed E-state index contributed by atoms with van der Waals surface area (Å²) in [5.74, 6) is -4.07. The number of aliphatic hydroxyl groups excluding tert-OH is 6. The van der Waals surface area contributed by atoms with Crippen molar-refractivity contribution >= 4 is 18.0 Å². The number of hydrogen-bond acceptors (Lipinski definition) is 14. The van der Waals surface area contributed by atoms with E-state index in [0.717, 1.165) is 13.0 Å². The van der Waals surface area contributed by atoms with E-state index in [2.05, 4.69) is 0 Å². The molecule has 0 aliphatic carbocycles. The number of carbonyl (C=O) groups is 2. The zero-order valence-corrected chi connectivity index (χ0v) is 19.7. The highest BCUT2D eigenvalue weighted by molar-refractivity contribution is 5.87. The van der Waals surface area contributed by atoms with Gasteiger partial charge >= 0.3 is 11.9 Å². The fraction of sp³-hybridized carbons (Fsp3) is 0.565. The third kappa shape index (κ3) is 6.62. The maximum Gasteiger partial charge on any atom is 0.331 e. The number of esters is 2. The number of aliphatic hydroxyl groups is 6. The summed E-state index contributed by atoms with van der Waals surface area (Å²) in [5.41, 5.74) is 0.529. The molecule has 3 rings (SSSR count). The summed E-state index contributed by atoms with van der Waals surface area (Å²) in [4.78, 5) is 23.6. The summed E-state index contributed by atoms with van der Waals surface area (Å²) in [6, 6.07) is 5.82. The molecule has 1 aromatic carbocycles. The lowest BCUT2D eigenvalue weighted by Gasteiger charge is -2.43.